The molecule has 4 heteroatoms. The Bertz CT molecular complexity index is 582. The number of fused-ring (bicyclic) bond motifs is 1. The summed E-state index contributed by atoms with van der Waals surface area (Å²) in [5, 5.41) is 1.42. The maximum atomic E-state index is 12.9. The summed E-state index contributed by atoms with van der Waals surface area (Å²) in [5.41, 5.74) is 6.43. The lowest BCUT2D eigenvalue weighted by molar-refractivity contribution is -0.148. The lowest BCUT2D eigenvalue weighted by Gasteiger charge is -2.20. The molecule has 0 aliphatic carbocycles. The van der Waals surface area contributed by atoms with Gasteiger partial charge in [-0.3, -0.25) is 0 Å². The van der Waals surface area contributed by atoms with E-state index in [1.54, 1.807) is 6.07 Å². The van der Waals surface area contributed by atoms with Crippen molar-refractivity contribution in [1.29, 1.82) is 0 Å². The number of hydrogen-bond donors (Lipinski definition) is 1. The average Bonchev–Trinajstić information content (AvgIpc) is 2.35. The lowest BCUT2D eigenvalue weighted by Crippen LogP contribution is -2.28. The molecule has 0 spiro atoms. The fourth-order valence-corrected chi connectivity index (χ4v) is 2.32. The van der Waals surface area contributed by atoms with Gasteiger partial charge in [0.15, 0.2) is 0 Å². The quantitative estimate of drug-likeness (QED) is 0.850. The van der Waals surface area contributed by atoms with Crippen LogP contribution in [0.15, 0.2) is 36.4 Å². The van der Waals surface area contributed by atoms with Gasteiger partial charge < -0.3 is 5.73 Å². The molecule has 19 heavy (non-hydrogen) atoms. The molecule has 0 aliphatic rings. The van der Waals surface area contributed by atoms with Crippen LogP contribution in [0.5, 0.6) is 0 Å². The van der Waals surface area contributed by atoms with Gasteiger partial charge in [-0.25, -0.2) is 0 Å². The average molecular weight is 267 g/mol. The van der Waals surface area contributed by atoms with Gasteiger partial charge in [0.05, 0.1) is 0 Å². The fraction of sp³-hybridized carbons (Fsp3) is 0.333. The van der Waals surface area contributed by atoms with Crippen molar-refractivity contribution in [2.75, 3.05) is 0 Å². The van der Waals surface area contributed by atoms with Crippen LogP contribution in [-0.2, 0) is 0 Å². The summed E-state index contributed by atoms with van der Waals surface area (Å²) in [5.74, 6) is 0.144. The second-order valence-electron chi connectivity index (χ2n) is 4.97. The van der Waals surface area contributed by atoms with Crippen LogP contribution in [0.1, 0.15) is 36.9 Å². The molecule has 2 rings (SSSR count). The number of hydrogen-bond acceptors (Lipinski definition) is 1. The molecule has 0 aliphatic heterocycles. The highest BCUT2D eigenvalue weighted by atomic mass is 19.4. The molecular formula is C15H16F3N. The van der Waals surface area contributed by atoms with Crippen molar-refractivity contribution >= 4 is 10.8 Å². The van der Waals surface area contributed by atoms with Crippen molar-refractivity contribution in [3.05, 3.63) is 47.5 Å². The summed E-state index contributed by atoms with van der Waals surface area (Å²) < 4.78 is 38.6. The Morgan fingerprint density at radius 3 is 1.95 bits per heavy atom. The first-order chi connectivity index (χ1) is 8.82. The summed E-state index contributed by atoms with van der Waals surface area (Å²) in [6, 6.07) is 8.48. The Kier molecular flexibility index (Phi) is 3.54. The predicted octanol–water partition coefficient (Wildman–Crippen LogP) is 4.53. The van der Waals surface area contributed by atoms with Gasteiger partial charge in [0.2, 0.25) is 0 Å². The summed E-state index contributed by atoms with van der Waals surface area (Å²) in [6.07, 6.45) is -4.43. The maximum absolute atomic E-state index is 12.9. The minimum Gasteiger partial charge on any atom is -0.316 e. The molecule has 0 saturated carbocycles. The summed E-state index contributed by atoms with van der Waals surface area (Å²) in [4.78, 5) is 0. The van der Waals surface area contributed by atoms with Gasteiger partial charge in [-0.05, 0) is 27.8 Å². The third-order valence-corrected chi connectivity index (χ3v) is 3.28. The van der Waals surface area contributed by atoms with E-state index in [4.69, 9.17) is 5.73 Å². The Balaban J connectivity index is 2.74. The molecule has 102 valence electrons. The van der Waals surface area contributed by atoms with Crippen LogP contribution in [0.3, 0.4) is 0 Å². The number of benzene rings is 2. The Labute approximate surface area is 110 Å². The van der Waals surface area contributed by atoms with Crippen molar-refractivity contribution in [3.8, 4) is 0 Å². The molecule has 0 fully saturated rings. The molecule has 0 aromatic heterocycles. The van der Waals surface area contributed by atoms with Crippen molar-refractivity contribution < 1.29 is 13.2 Å². The lowest BCUT2D eigenvalue weighted by atomic mass is 9.90. The molecule has 1 atom stereocenters. The minimum atomic E-state index is -4.43. The molecule has 0 unspecified atom stereocenters. The molecule has 0 heterocycles. The maximum Gasteiger partial charge on any atom is 0.407 e. The second kappa shape index (κ2) is 4.85. The van der Waals surface area contributed by atoms with Crippen molar-refractivity contribution in [2.45, 2.75) is 32.0 Å². The van der Waals surface area contributed by atoms with Gasteiger partial charge in [0, 0.05) is 0 Å². The number of alkyl halides is 3. The minimum absolute atomic E-state index is 0.144. The Morgan fingerprint density at radius 1 is 0.947 bits per heavy atom. The third kappa shape index (κ3) is 2.59. The second-order valence-corrected chi connectivity index (χ2v) is 4.97. The topological polar surface area (TPSA) is 26.0 Å². The third-order valence-electron chi connectivity index (χ3n) is 3.28. The first-order valence-electron chi connectivity index (χ1n) is 6.16. The number of halogens is 3. The summed E-state index contributed by atoms with van der Waals surface area (Å²) >= 11 is 0. The summed E-state index contributed by atoms with van der Waals surface area (Å²) in [7, 11) is 0. The molecule has 2 aromatic carbocycles. The SMILES string of the molecule is CC(C)c1cccc2cccc([C@H](N)C(F)(F)F)c12. The van der Waals surface area contributed by atoms with Crippen LogP contribution < -0.4 is 5.73 Å². The molecule has 1 nitrogen and oxygen atoms in total. The van der Waals surface area contributed by atoms with Crippen LogP contribution in [0.25, 0.3) is 10.8 Å². The van der Waals surface area contributed by atoms with Crippen molar-refractivity contribution in [1.82, 2.24) is 0 Å². The summed E-state index contributed by atoms with van der Waals surface area (Å²) in [6.45, 7) is 3.93. The molecule has 2 aromatic rings. The molecule has 0 bridgehead atoms. The van der Waals surface area contributed by atoms with E-state index in [-0.39, 0.29) is 11.5 Å². The predicted molar refractivity (Wildman–Crippen MR) is 71.0 cm³/mol. The number of nitrogens with two attached hydrogens (primary N) is 1. The van der Waals surface area contributed by atoms with Gasteiger partial charge in [0.1, 0.15) is 6.04 Å². The van der Waals surface area contributed by atoms with Crippen LogP contribution in [0.4, 0.5) is 13.2 Å². The van der Waals surface area contributed by atoms with E-state index in [9.17, 15) is 13.2 Å². The highest BCUT2D eigenvalue weighted by Gasteiger charge is 2.38. The fourth-order valence-electron chi connectivity index (χ4n) is 2.32. The van der Waals surface area contributed by atoms with Gasteiger partial charge in [-0.15, -0.1) is 0 Å². The normalized spacial score (nSPS) is 14.1. The van der Waals surface area contributed by atoms with Crippen LogP contribution in [0, 0.1) is 0 Å². The van der Waals surface area contributed by atoms with Crippen molar-refractivity contribution in [3.63, 3.8) is 0 Å². The van der Waals surface area contributed by atoms with E-state index in [0.29, 0.717) is 5.39 Å². The zero-order valence-electron chi connectivity index (χ0n) is 10.8. The van der Waals surface area contributed by atoms with E-state index in [1.165, 1.54) is 6.07 Å². The van der Waals surface area contributed by atoms with Crippen LogP contribution in [-0.4, -0.2) is 6.18 Å². The Hall–Kier alpha value is -1.55. The largest absolute Gasteiger partial charge is 0.407 e. The monoisotopic (exact) mass is 267 g/mol. The van der Waals surface area contributed by atoms with Crippen LogP contribution in [0.2, 0.25) is 0 Å². The molecule has 2 N–H and O–H groups in total. The van der Waals surface area contributed by atoms with Crippen molar-refractivity contribution in [2.24, 2.45) is 5.73 Å². The highest BCUT2D eigenvalue weighted by molar-refractivity contribution is 5.89. The van der Waals surface area contributed by atoms with E-state index in [2.05, 4.69) is 0 Å². The zero-order chi connectivity index (χ0) is 14.2. The van der Waals surface area contributed by atoms with E-state index < -0.39 is 12.2 Å². The first-order valence-corrected chi connectivity index (χ1v) is 6.16. The molecular weight excluding hydrogens is 251 g/mol. The number of rotatable bonds is 2. The van der Waals surface area contributed by atoms with Gasteiger partial charge in [-0.2, -0.15) is 13.2 Å². The highest BCUT2D eigenvalue weighted by Crippen LogP contribution is 2.37. The zero-order valence-corrected chi connectivity index (χ0v) is 10.8. The van der Waals surface area contributed by atoms with E-state index in [1.807, 2.05) is 38.1 Å². The van der Waals surface area contributed by atoms with Gasteiger partial charge in [0.25, 0.3) is 0 Å². The Morgan fingerprint density at radius 2 is 1.47 bits per heavy atom. The molecule has 0 saturated heterocycles. The smallest absolute Gasteiger partial charge is 0.316 e. The standard InChI is InChI=1S/C15H16F3N/c1-9(2)11-7-3-5-10-6-4-8-12(13(10)11)14(19)15(16,17)18/h3-9,14H,19H2,1-2H3/t14-/m0/s1. The molecule has 0 amide bonds. The van der Waals surface area contributed by atoms with Gasteiger partial charge >= 0.3 is 6.18 Å². The van der Waals surface area contributed by atoms with Gasteiger partial charge in [-0.1, -0.05) is 50.2 Å². The van der Waals surface area contributed by atoms with E-state index in [0.717, 1.165) is 10.9 Å². The van der Waals surface area contributed by atoms with Crippen LogP contribution >= 0.6 is 0 Å². The first kappa shape index (κ1) is 13.9. The van der Waals surface area contributed by atoms with E-state index >= 15 is 0 Å². The molecule has 0 radical (unpaired) electrons.